The van der Waals surface area contributed by atoms with E-state index in [4.69, 9.17) is 10.1 Å². The van der Waals surface area contributed by atoms with E-state index in [1.807, 2.05) is 0 Å². The van der Waals surface area contributed by atoms with Crippen molar-refractivity contribution in [2.45, 2.75) is 13.8 Å². The van der Waals surface area contributed by atoms with Crippen LogP contribution >= 0.6 is 0 Å². The third kappa shape index (κ3) is 4.21. The Bertz CT molecular complexity index is 1620. The van der Waals surface area contributed by atoms with E-state index in [0.29, 0.717) is 0 Å². The third-order valence-electron chi connectivity index (χ3n) is 5.87. The fourth-order valence-corrected chi connectivity index (χ4v) is 4.47. The van der Waals surface area contributed by atoms with Gasteiger partial charge in [-0.05, 0) is 53.7 Å². The van der Waals surface area contributed by atoms with Gasteiger partial charge in [-0.1, -0.05) is 53.9 Å². The molecule has 1 radical (unpaired) electrons. The van der Waals surface area contributed by atoms with Gasteiger partial charge in [0.2, 0.25) is 0 Å². The molecule has 0 unspecified atom stereocenters. The van der Waals surface area contributed by atoms with Crippen LogP contribution in [0, 0.1) is 6.07 Å². The maximum atomic E-state index is 10.0. The van der Waals surface area contributed by atoms with Crippen LogP contribution in [-0.4, -0.2) is 20.4 Å². The van der Waals surface area contributed by atoms with Crippen LogP contribution in [-0.2, 0) is 31.9 Å². The molecule has 6 rings (SSSR count). The molecule has 1 N–H and O–H groups in total. The molecule has 0 fully saturated rings. The molecule has 0 saturated carbocycles. The Kier molecular flexibility index (Phi) is 6.51. The van der Waals surface area contributed by atoms with Crippen molar-refractivity contribution in [1.82, 2.24) is 9.55 Å². The van der Waals surface area contributed by atoms with Crippen LogP contribution in [0.15, 0.2) is 72.5 Å². The van der Waals surface area contributed by atoms with E-state index >= 15 is 0 Å². The van der Waals surface area contributed by atoms with Crippen molar-refractivity contribution in [2.24, 2.45) is 7.05 Å². The molecule has 0 atom stereocenters. The van der Waals surface area contributed by atoms with Crippen molar-refractivity contribution in [1.29, 1.82) is 0 Å². The van der Waals surface area contributed by atoms with Gasteiger partial charge < -0.3 is 9.67 Å². The Morgan fingerprint density at radius 1 is 0.971 bits per heavy atom. The Balaban J connectivity index is 0.000000303. The number of allylic oxidation sites excluding steroid dienone is 2. The summed E-state index contributed by atoms with van der Waals surface area (Å²) in [5.74, 6) is -0.0625. The smallest absolute Gasteiger partial charge is 0.155 e. The number of aliphatic hydroxyl groups excluding tert-OH is 1. The van der Waals surface area contributed by atoms with Gasteiger partial charge in [-0.3, -0.25) is 9.78 Å². The molecule has 0 aliphatic heterocycles. The Labute approximate surface area is 211 Å². The average Bonchev–Trinajstić information content (AvgIpc) is 3.34. The topological polar surface area (TPSA) is 55.1 Å². The number of rotatable bonds is 2. The Morgan fingerprint density at radius 3 is 2.47 bits per heavy atom. The van der Waals surface area contributed by atoms with Gasteiger partial charge >= 0.3 is 0 Å². The first-order valence-electron chi connectivity index (χ1n) is 10.8. The molecule has 1 aliphatic carbocycles. The fraction of sp³-hybridized carbons (Fsp3) is 0.103. The molecule has 171 valence electrons. The Hall–Kier alpha value is -3.53. The van der Waals surface area contributed by atoms with Crippen LogP contribution in [0.1, 0.15) is 25.0 Å². The zero-order valence-corrected chi connectivity index (χ0v) is 21.5. The molecule has 4 nitrogen and oxygen atoms in total. The number of hydrogen-bond acceptors (Lipinski definition) is 3. The summed E-state index contributed by atoms with van der Waals surface area (Å²) in [6.07, 6.45) is 5.51. The van der Waals surface area contributed by atoms with Gasteiger partial charge in [0, 0.05) is 44.1 Å². The molecule has 5 heteroatoms. The first-order chi connectivity index (χ1) is 15.9. The number of para-hydroxylation sites is 1. The van der Waals surface area contributed by atoms with Crippen LogP contribution in [0.25, 0.3) is 56.1 Å². The van der Waals surface area contributed by atoms with E-state index in [1.165, 1.54) is 58.2 Å². The minimum Gasteiger partial charge on any atom is -0.512 e. The monoisotopic (exact) mass is 624 g/mol. The predicted molar refractivity (Wildman–Crippen MR) is 136 cm³/mol. The quantitative estimate of drug-likeness (QED) is 0.130. The summed E-state index contributed by atoms with van der Waals surface area (Å²) in [6, 6.07) is 24.8. The molecule has 5 aromatic rings. The number of aryl methyl sites for hydroxylation is 1. The van der Waals surface area contributed by atoms with E-state index in [-0.39, 0.29) is 31.6 Å². The molecular formula is C29H23IrN2O2-. The van der Waals surface area contributed by atoms with Gasteiger partial charge in [-0.2, -0.15) is 0 Å². The van der Waals surface area contributed by atoms with Gasteiger partial charge in [0.05, 0.1) is 11.3 Å². The Morgan fingerprint density at radius 2 is 1.74 bits per heavy atom. The second-order valence-corrected chi connectivity index (χ2v) is 8.29. The summed E-state index contributed by atoms with van der Waals surface area (Å²) in [6.45, 7) is 2.85. The van der Waals surface area contributed by atoms with E-state index in [1.54, 1.807) is 0 Å². The van der Waals surface area contributed by atoms with E-state index in [2.05, 4.69) is 90.5 Å². The van der Waals surface area contributed by atoms with Crippen LogP contribution in [0.5, 0.6) is 0 Å². The number of aromatic nitrogens is 2. The van der Waals surface area contributed by atoms with Gasteiger partial charge in [0.15, 0.2) is 5.78 Å². The number of carbonyl (C=O) groups excluding carboxylic acids is 1. The first kappa shape index (κ1) is 23.6. The largest absolute Gasteiger partial charge is 0.512 e. The molecule has 2 heterocycles. The molecule has 1 aliphatic rings. The molecule has 0 spiro atoms. The molecule has 34 heavy (non-hydrogen) atoms. The minimum atomic E-state index is -0.125. The summed E-state index contributed by atoms with van der Waals surface area (Å²) in [5.41, 5.74) is 8.00. The standard InChI is InChI=1S/C24H15N2.C5H8O2.Ir/c1-26-22-8-3-2-6-18(22)19-12-11-16(14-23(19)26)21-13-17-10-9-15-5-4-7-20(25-21)24(15)17;1-4(6)3-5(2)7;/h2-10,12-14H,1H3;3,6H,1-2H3;/q-1;;. The number of nitrogens with zero attached hydrogens (tertiary/aromatic N) is 2. The molecule has 0 amide bonds. The third-order valence-corrected chi connectivity index (χ3v) is 5.87. The summed E-state index contributed by atoms with van der Waals surface area (Å²) in [7, 11) is 2.12. The SMILES string of the molecule is CC(=O)C=C(C)O.Cn1c2ccccc2c2c[c-]c(-c3cc4c5c(cccc5n3)C=C4)cc21.[Ir]. The second-order valence-electron chi connectivity index (χ2n) is 8.29. The number of carbonyl (C=O) groups is 1. The normalized spacial score (nSPS) is 12.0. The van der Waals surface area contributed by atoms with Crippen molar-refractivity contribution in [3.63, 3.8) is 0 Å². The molecule has 0 saturated heterocycles. The average molecular weight is 624 g/mol. The van der Waals surface area contributed by atoms with Gasteiger partial charge in [0.25, 0.3) is 0 Å². The summed E-state index contributed by atoms with van der Waals surface area (Å²) in [4.78, 5) is 14.9. The number of ketones is 1. The number of aliphatic hydroxyl groups is 1. The number of pyridine rings is 1. The number of hydrogen-bond donors (Lipinski definition) is 1. The second kappa shape index (κ2) is 9.38. The van der Waals surface area contributed by atoms with E-state index in [9.17, 15) is 4.79 Å². The van der Waals surface area contributed by atoms with Crippen LogP contribution in [0.3, 0.4) is 0 Å². The minimum absolute atomic E-state index is 0. The van der Waals surface area contributed by atoms with Gasteiger partial charge in [-0.25, -0.2) is 0 Å². The van der Waals surface area contributed by atoms with Crippen LogP contribution in [0.4, 0.5) is 0 Å². The number of benzene rings is 3. The first-order valence-corrected chi connectivity index (χ1v) is 10.8. The zero-order chi connectivity index (χ0) is 23.1. The van der Waals surface area contributed by atoms with Crippen molar-refractivity contribution in [3.05, 3.63) is 89.7 Å². The maximum absolute atomic E-state index is 10.0. The number of fused-ring (bicyclic) bond motifs is 3. The van der Waals surface area contributed by atoms with Crippen molar-refractivity contribution in [2.75, 3.05) is 0 Å². The summed E-state index contributed by atoms with van der Waals surface area (Å²) in [5, 5.41) is 12.1. The van der Waals surface area contributed by atoms with Crippen molar-refractivity contribution < 1.29 is 30.0 Å². The predicted octanol–water partition coefficient (Wildman–Crippen LogP) is 6.87. The maximum Gasteiger partial charge on any atom is 0.155 e. The molecule has 3 aromatic carbocycles. The zero-order valence-electron chi connectivity index (χ0n) is 19.1. The fourth-order valence-electron chi connectivity index (χ4n) is 4.47. The molecular weight excluding hydrogens is 601 g/mol. The van der Waals surface area contributed by atoms with Crippen LogP contribution in [0.2, 0.25) is 0 Å². The summed E-state index contributed by atoms with van der Waals surface area (Å²) >= 11 is 0. The van der Waals surface area contributed by atoms with Crippen molar-refractivity contribution in [3.8, 4) is 11.3 Å². The van der Waals surface area contributed by atoms with Gasteiger partial charge in [0.1, 0.15) is 0 Å². The molecule has 2 aromatic heterocycles. The summed E-state index contributed by atoms with van der Waals surface area (Å²) < 4.78 is 2.25. The van der Waals surface area contributed by atoms with Gasteiger partial charge in [-0.15, -0.1) is 23.8 Å². The van der Waals surface area contributed by atoms with E-state index in [0.717, 1.165) is 16.8 Å². The van der Waals surface area contributed by atoms with Crippen molar-refractivity contribution >= 4 is 50.6 Å². The van der Waals surface area contributed by atoms with Crippen LogP contribution < -0.4 is 0 Å². The molecule has 0 bridgehead atoms. The van der Waals surface area contributed by atoms with E-state index < -0.39 is 0 Å².